The van der Waals surface area contributed by atoms with Crippen LogP contribution in [0.4, 0.5) is 10.7 Å². The summed E-state index contributed by atoms with van der Waals surface area (Å²) in [6, 6.07) is 1.13. The van der Waals surface area contributed by atoms with Crippen LogP contribution in [0.1, 0.15) is 19.8 Å². The molecule has 0 aromatic carbocycles. The number of nitrogens with one attached hydrogen (secondary N) is 1. The van der Waals surface area contributed by atoms with Crippen LogP contribution in [0, 0.1) is 16.0 Å². The second kappa shape index (κ2) is 6.93. The Bertz CT molecular complexity index is 634. The summed E-state index contributed by atoms with van der Waals surface area (Å²) in [6.07, 6.45) is 3.41. The summed E-state index contributed by atoms with van der Waals surface area (Å²) in [4.78, 5) is 12.8. The third kappa shape index (κ3) is 4.40. The van der Waals surface area contributed by atoms with Crippen LogP contribution in [0.5, 0.6) is 0 Å². The van der Waals surface area contributed by atoms with Crippen LogP contribution in [-0.2, 0) is 9.84 Å². The standard InChI is InChI=1S/C13H21N3O4S2/c1-10-3-6-15(7-4-10)8-5-14-13-11(16(17)18)9-12(21-13)22(2,19)20/h9-10,14H,3-8H2,1-2H3. The number of nitrogens with zero attached hydrogens (tertiary/aromatic N) is 2. The molecule has 0 bridgehead atoms. The Morgan fingerprint density at radius 1 is 1.45 bits per heavy atom. The van der Waals surface area contributed by atoms with Crippen molar-refractivity contribution in [1.82, 2.24) is 4.90 Å². The summed E-state index contributed by atoms with van der Waals surface area (Å²) >= 11 is 0.923. The Morgan fingerprint density at radius 2 is 2.09 bits per heavy atom. The highest BCUT2D eigenvalue weighted by Crippen LogP contribution is 2.36. The Balaban J connectivity index is 1.97. The molecule has 9 heteroatoms. The van der Waals surface area contributed by atoms with Crippen LogP contribution in [0.15, 0.2) is 10.3 Å². The number of thiophene rings is 1. The van der Waals surface area contributed by atoms with Crippen molar-refractivity contribution in [3.63, 3.8) is 0 Å². The van der Waals surface area contributed by atoms with Gasteiger partial charge in [0, 0.05) is 25.4 Å². The number of nitro groups is 1. The van der Waals surface area contributed by atoms with Gasteiger partial charge in [0.25, 0.3) is 0 Å². The van der Waals surface area contributed by atoms with E-state index in [2.05, 4.69) is 17.1 Å². The van der Waals surface area contributed by atoms with Crippen molar-refractivity contribution in [1.29, 1.82) is 0 Å². The van der Waals surface area contributed by atoms with E-state index in [0.717, 1.165) is 49.2 Å². The minimum atomic E-state index is -3.43. The fourth-order valence-electron chi connectivity index (χ4n) is 2.42. The van der Waals surface area contributed by atoms with Gasteiger partial charge in [-0.15, -0.1) is 0 Å². The molecule has 0 spiro atoms. The lowest BCUT2D eigenvalue weighted by Crippen LogP contribution is -2.36. The molecule has 2 rings (SSSR count). The van der Waals surface area contributed by atoms with Crippen molar-refractivity contribution in [2.75, 3.05) is 37.8 Å². The average Bonchev–Trinajstić information content (AvgIpc) is 2.85. The highest BCUT2D eigenvalue weighted by atomic mass is 32.2. The molecule has 1 N–H and O–H groups in total. The summed E-state index contributed by atoms with van der Waals surface area (Å²) in [5, 5.41) is 14.4. The fraction of sp³-hybridized carbons (Fsp3) is 0.692. The van der Waals surface area contributed by atoms with Crippen LogP contribution >= 0.6 is 11.3 Å². The second-order valence-electron chi connectivity index (χ2n) is 5.76. The third-order valence-corrected chi connectivity index (χ3v) is 6.73. The zero-order valence-corrected chi connectivity index (χ0v) is 14.4. The van der Waals surface area contributed by atoms with E-state index in [1.165, 1.54) is 12.8 Å². The fourth-order valence-corrected chi connectivity index (χ4v) is 4.38. The van der Waals surface area contributed by atoms with Crippen LogP contribution < -0.4 is 5.32 Å². The Hall–Kier alpha value is -1.19. The molecule has 1 aliphatic heterocycles. The number of likely N-dealkylation sites (tertiary alicyclic amines) is 1. The number of sulfone groups is 1. The third-order valence-electron chi connectivity index (χ3n) is 3.84. The topological polar surface area (TPSA) is 92.6 Å². The molecule has 2 heterocycles. The van der Waals surface area contributed by atoms with E-state index < -0.39 is 14.8 Å². The van der Waals surface area contributed by atoms with Gasteiger partial charge in [0.2, 0.25) is 0 Å². The predicted octanol–water partition coefficient (Wildman–Crippen LogP) is 2.20. The molecule has 7 nitrogen and oxygen atoms in total. The molecule has 22 heavy (non-hydrogen) atoms. The van der Waals surface area contributed by atoms with Crippen LogP contribution in [-0.4, -0.2) is 50.7 Å². The summed E-state index contributed by atoms with van der Waals surface area (Å²) in [6.45, 7) is 5.71. The molecule has 1 aliphatic rings. The molecule has 0 atom stereocenters. The van der Waals surface area contributed by atoms with Gasteiger partial charge < -0.3 is 10.2 Å². The largest absolute Gasteiger partial charge is 0.370 e. The van der Waals surface area contributed by atoms with E-state index in [9.17, 15) is 18.5 Å². The van der Waals surface area contributed by atoms with E-state index >= 15 is 0 Å². The quantitative estimate of drug-likeness (QED) is 0.626. The van der Waals surface area contributed by atoms with Gasteiger partial charge in [-0.05, 0) is 31.8 Å². The van der Waals surface area contributed by atoms with Crippen molar-refractivity contribution >= 4 is 31.9 Å². The van der Waals surface area contributed by atoms with Crippen molar-refractivity contribution in [2.45, 2.75) is 24.0 Å². The molecule has 0 aliphatic carbocycles. The van der Waals surface area contributed by atoms with Gasteiger partial charge in [0.05, 0.1) is 4.92 Å². The summed E-state index contributed by atoms with van der Waals surface area (Å²) in [5.41, 5.74) is -0.169. The molecular formula is C13H21N3O4S2. The van der Waals surface area contributed by atoms with Crippen LogP contribution in [0.25, 0.3) is 0 Å². The van der Waals surface area contributed by atoms with E-state index in [-0.39, 0.29) is 9.90 Å². The second-order valence-corrected chi connectivity index (χ2v) is 9.05. The van der Waals surface area contributed by atoms with Gasteiger partial charge in [-0.2, -0.15) is 0 Å². The zero-order chi connectivity index (χ0) is 16.3. The SMILES string of the molecule is CC1CCN(CCNc2sc(S(C)(=O)=O)cc2[N+](=O)[O-])CC1. The number of hydrogen-bond donors (Lipinski definition) is 1. The lowest BCUT2D eigenvalue weighted by atomic mass is 9.99. The normalized spacial score (nSPS) is 17.5. The lowest BCUT2D eigenvalue weighted by Gasteiger charge is -2.30. The van der Waals surface area contributed by atoms with Crippen molar-refractivity contribution in [3.05, 3.63) is 16.2 Å². The average molecular weight is 347 g/mol. The van der Waals surface area contributed by atoms with E-state index in [1.807, 2.05) is 0 Å². The zero-order valence-electron chi connectivity index (χ0n) is 12.7. The first kappa shape index (κ1) is 17.2. The predicted molar refractivity (Wildman–Crippen MR) is 87.4 cm³/mol. The lowest BCUT2D eigenvalue weighted by molar-refractivity contribution is -0.383. The number of piperidine rings is 1. The summed E-state index contributed by atoms with van der Waals surface area (Å²) in [5.74, 6) is 0.764. The molecule has 0 amide bonds. The molecular weight excluding hydrogens is 326 g/mol. The highest BCUT2D eigenvalue weighted by Gasteiger charge is 2.23. The molecule has 0 radical (unpaired) electrons. The molecule has 0 saturated carbocycles. The smallest absolute Gasteiger partial charge is 0.304 e. The maximum Gasteiger partial charge on any atom is 0.304 e. The Kier molecular flexibility index (Phi) is 5.41. The Labute approximate surface area is 134 Å². The van der Waals surface area contributed by atoms with Crippen LogP contribution in [0.2, 0.25) is 0 Å². The van der Waals surface area contributed by atoms with Gasteiger partial charge in [0.1, 0.15) is 4.21 Å². The van der Waals surface area contributed by atoms with E-state index in [0.29, 0.717) is 11.5 Å². The molecule has 124 valence electrons. The molecule has 0 unspecified atom stereocenters. The summed E-state index contributed by atoms with van der Waals surface area (Å²) in [7, 11) is -3.43. The van der Waals surface area contributed by atoms with Crippen molar-refractivity contribution < 1.29 is 13.3 Å². The van der Waals surface area contributed by atoms with Gasteiger partial charge >= 0.3 is 5.69 Å². The molecule has 1 saturated heterocycles. The molecule has 1 aromatic rings. The first-order valence-electron chi connectivity index (χ1n) is 7.22. The van der Waals surface area contributed by atoms with Gasteiger partial charge in [-0.1, -0.05) is 18.3 Å². The number of anilines is 1. The molecule has 1 fully saturated rings. The number of hydrogen-bond acceptors (Lipinski definition) is 7. The van der Waals surface area contributed by atoms with Gasteiger partial charge in [-0.25, -0.2) is 8.42 Å². The first-order valence-corrected chi connectivity index (χ1v) is 9.92. The number of rotatable bonds is 6. The van der Waals surface area contributed by atoms with Crippen LogP contribution in [0.3, 0.4) is 0 Å². The summed E-state index contributed by atoms with van der Waals surface area (Å²) < 4.78 is 23.1. The minimum Gasteiger partial charge on any atom is -0.370 e. The first-order chi connectivity index (χ1) is 10.3. The minimum absolute atomic E-state index is 0.0218. The maximum atomic E-state index is 11.5. The van der Waals surface area contributed by atoms with Gasteiger partial charge in [-0.3, -0.25) is 10.1 Å². The molecule has 1 aromatic heterocycles. The van der Waals surface area contributed by atoms with Gasteiger partial charge in [0.15, 0.2) is 14.8 Å². The monoisotopic (exact) mass is 347 g/mol. The van der Waals surface area contributed by atoms with Crippen molar-refractivity contribution in [2.24, 2.45) is 5.92 Å². The van der Waals surface area contributed by atoms with Crippen molar-refractivity contribution in [3.8, 4) is 0 Å². The highest BCUT2D eigenvalue weighted by molar-refractivity contribution is 7.92. The maximum absolute atomic E-state index is 11.5. The van der Waals surface area contributed by atoms with E-state index in [1.54, 1.807) is 0 Å². The Morgan fingerprint density at radius 3 is 2.64 bits per heavy atom. The van der Waals surface area contributed by atoms with E-state index in [4.69, 9.17) is 0 Å².